The molecule has 33 heavy (non-hydrogen) atoms. The van der Waals surface area contributed by atoms with Crippen molar-refractivity contribution in [3.63, 3.8) is 0 Å². The molecule has 0 saturated heterocycles. The molecule has 2 aromatic carbocycles. The van der Waals surface area contributed by atoms with E-state index in [9.17, 15) is 9.18 Å². The Morgan fingerprint density at radius 1 is 1.12 bits per heavy atom. The average molecular weight is 486 g/mol. The number of ether oxygens (including phenoxy) is 1. The summed E-state index contributed by atoms with van der Waals surface area (Å²) in [4.78, 5) is 19.1. The summed E-state index contributed by atoms with van der Waals surface area (Å²) in [5.41, 5.74) is 2.72. The van der Waals surface area contributed by atoms with Crippen LogP contribution in [0.4, 0.5) is 10.2 Å². The van der Waals surface area contributed by atoms with Crippen molar-refractivity contribution >= 4 is 34.9 Å². The number of rotatable bonds is 4. The molecule has 0 bridgehead atoms. The molecule has 1 amide bonds. The highest BCUT2D eigenvalue weighted by Crippen LogP contribution is 2.43. The van der Waals surface area contributed by atoms with Crippen LogP contribution in [0.25, 0.3) is 11.1 Å². The lowest BCUT2D eigenvalue weighted by Crippen LogP contribution is -2.35. The van der Waals surface area contributed by atoms with Gasteiger partial charge in [0.05, 0.1) is 15.6 Å². The van der Waals surface area contributed by atoms with Gasteiger partial charge in [-0.1, -0.05) is 48.2 Å². The van der Waals surface area contributed by atoms with Crippen LogP contribution >= 0.6 is 23.2 Å². The Hall–Kier alpha value is -2.83. The second kappa shape index (κ2) is 8.84. The molecule has 0 radical (unpaired) electrons. The molecule has 5 rings (SSSR count). The minimum absolute atomic E-state index is 0.0414. The molecule has 1 unspecified atom stereocenters. The van der Waals surface area contributed by atoms with Gasteiger partial charge in [-0.05, 0) is 48.7 Å². The maximum absolute atomic E-state index is 13.9. The van der Waals surface area contributed by atoms with E-state index in [4.69, 9.17) is 27.9 Å². The molecule has 1 fully saturated rings. The first-order chi connectivity index (χ1) is 15.9. The third-order valence-corrected chi connectivity index (χ3v) is 7.08. The minimum Gasteiger partial charge on any atom is -0.462 e. The van der Waals surface area contributed by atoms with Gasteiger partial charge in [-0.25, -0.2) is 9.37 Å². The van der Waals surface area contributed by atoms with Gasteiger partial charge in [0.1, 0.15) is 5.82 Å². The van der Waals surface area contributed by atoms with Crippen LogP contribution in [0, 0.1) is 5.82 Å². The van der Waals surface area contributed by atoms with Gasteiger partial charge in [0, 0.05) is 30.4 Å². The lowest BCUT2D eigenvalue weighted by molar-refractivity contribution is 0.0735. The Kier molecular flexibility index (Phi) is 5.89. The summed E-state index contributed by atoms with van der Waals surface area (Å²) in [6.45, 7) is 0. The normalized spacial score (nSPS) is 17.4. The zero-order valence-corrected chi connectivity index (χ0v) is 19.5. The van der Waals surface area contributed by atoms with Crippen molar-refractivity contribution in [2.45, 2.75) is 38.0 Å². The highest BCUT2D eigenvalue weighted by Gasteiger charge is 2.30. The van der Waals surface area contributed by atoms with Crippen LogP contribution in [0.3, 0.4) is 0 Å². The Bertz CT molecular complexity index is 1210. The summed E-state index contributed by atoms with van der Waals surface area (Å²) in [7, 11) is 1.88. The smallest absolute Gasteiger partial charge is 0.253 e. The molecule has 5 nitrogen and oxygen atoms in total. The largest absolute Gasteiger partial charge is 0.462 e. The van der Waals surface area contributed by atoms with Gasteiger partial charge in [-0.15, -0.1) is 0 Å². The summed E-state index contributed by atoms with van der Waals surface area (Å²) >= 11 is 12.4. The molecular formula is C25H22Cl2FN3O2. The van der Waals surface area contributed by atoms with Gasteiger partial charge < -0.3 is 15.0 Å². The Balaban J connectivity index is 1.34. The van der Waals surface area contributed by atoms with E-state index < -0.39 is 12.0 Å². The first-order valence-corrected chi connectivity index (χ1v) is 11.6. The molecular weight excluding hydrogens is 464 g/mol. The molecule has 2 heterocycles. The number of halogens is 3. The molecule has 1 N–H and O–H groups in total. The lowest BCUT2D eigenvalue weighted by atomic mass is 10.0. The second-order valence-corrected chi connectivity index (χ2v) is 9.19. The Morgan fingerprint density at radius 3 is 2.58 bits per heavy atom. The topological polar surface area (TPSA) is 54.5 Å². The van der Waals surface area contributed by atoms with Crippen LogP contribution in [0.5, 0.6) is 5.75 Å². The third-order valence-electron chi connectivity index (χ3n) is 6.36. The molecule has 3 aromatic rings. The van der Waals surface area contributed by atoms with E-state index in [1.165, 1.54) is 25.0 Å². The lowest BCUT2D eigenvalue weighted by Gasteiger charge is -2.24. The Morgan fingerprint density at radius 2 is 1.85 bits per heavy atom. The maximum Gasteiger partial charge on any atom is 0.253 e. The first kappa shape index (κ1) is 22.0. The fourth-order valence-corrected chi connectivity index (χ4v) is 5.03. The fraction of sp³-hybridized carbons (Fsp3) is 0.280. The number of hydrogen-bond acceptors (Lipinski definition) is 4. The Labute approximate surface area is 201 Å². The van der Waals surface area contributed by atoms with Crippen molar-refractivity contribution in [2.24, 2.45) is 0 Å². The van der Waals surface area contributed by atoms with Gasteiger partial charge >= 0.3 is 0 Å². The van der Waals surface area contributed by atoms with Crippen molar-refractivity contribution in [2.75, 3.05) is 12.4 Å². The molecule has 1 aromatic heterocycles. The average Bonchev–Trinajstić information content (AvgIpc) is 3.50. The predicted molar refractivity (Wildman–Crippen MR) is 127 cm³/mol. The maximum atomic E-state index is 13.9. The van der Waals surface area contributed by atoms with Crippen LogP contribution in [-0.2, 0) is 0 Å². The van der Waals surface area contributed by atoms with Crippen molar-refractivity contribution in [3.05, 3.63) is 75.7 Å². The quantitative estimate of drug-likeness (QED) is 0.417. The summed E-state index contributed by atoms with van der Waals surface area (Å²) in [6, 6.07) is 12.3. The standard InChI is InChI=1S/C25H22Cl2FN3O2/c1-31(17-4-2-3-5-17)25(32)15-8-6-14(7-9-15)16-12-20-23(29-13-16)30-24(33-20)21-18(26)10-11-19(28)22(21)27/h6-13,17,24H,2-5H2,1H3,(H,29,30). The van der Waals surface area contributed by atoms with Gasteiger partial charge in [0.2, 0.25) is 6.23 Å². The third kappa shape index (κ3) is 4.13. The summed E-state index contributed by atoms with van der Waals surface area (Å²) in [6.07, 6.45) is 5.48. The van der Waals surface area contributed by atoms with Crippen molar-refractivity contribution in [3.8, 4) is 16.9 Å². The monoisotopic (exact) mass is 485 g/mol. The van der Waals surface area contributed by atoms with E-state index in [1.54, 1.807) is 6.20 Å². The van der Waals surface area contributed by atoms with Gasteiger partial charge in [0.15, 0.2) is 11.6 Å². The number of nitrogens with one attached hydrogen (secondary N) is 1. The molecule has 1 atom stereocenters. The van der Waals surface area contributed by atoms with Gasteiger partial charge in [-0.2, -0.15) is 0 Å². The number of carbonyl (C=O) groups is 1. The van der Waals surface area contributed by atoms with E-state index >= 15 is 0 Å². The second-order valence-electron chi connectivity index (χ2n) is 8.40. The number of fused-ring (bicyclic) bond motifs is 1. The SMILES string of the molecule is CN(C(=O)c1ccc(-c2cnc3c(c2)OC(c2c(Cl)ccc(F)c2Cl)N3)cc1)C1CCCC1. The molecule has 2 aliphatic rings. The van der Waals surface area contributed by atoms with Gasteiger partial charge in [0.25, 0.3) is 5.91 Å². The van der Waals surface area contributed by atoms with E-state index in [2.05, 4.69) is 10.3 Å². The predicted octanol–water partition coefficient (Wildman–Crippen LogP) is 6.71. The van der Waals surface area contributed by atoms with E-state index in [0.717, 1.165) is 24.0 Å². The number of nitrogens with zero attached hydrogens (tertiary/aromatic N) is 2. The molecule has 1 aliphatic carbocycles. The fourth-order valence-electron chi connectivity index (χ4n) is 4.46. The number of aromatic nitrogens is 1. The molecule has 1 aliphatic heterocycles. The molecule has 1 saturated carbocycles. The zero-order chi connectivity index (χ0) is 23.1. The summed E-state index contributed by atoms with van der Waals surface area (Å²) in [5.74, 6) is 0.499. The minimum atomic E-state index is -0.746. The summed E-state index contributed by atoms with van der Waals surface area (Å²) in [5, 5.41) is 3.30. The van der Waals surface area contributed by atoms with E-state index in [1.807, 2.05) is 42.3 Å². The number of carbonyl (C=O) groups excluding carboxylic acids is 1. The zero-order valence-electron chi connectivity index (χ0n) is 17.9. The summed E-state index contributed by atoms with van der Waals surface area (Å²) < 4.78 is 19.9. The van der Waals surface area contributed by atoms with Crippen LogP contribution in [-0.4, -0.2) is 28.9 Å². The molecule has 170 valence electrons. The number of benzene rings is 2. The van der Waals surface area contributed by atoms with Crippen LogP contribution < -0.4 is 10.1 Å². The van der Waals surface area contributed by atoms with Crippen LogP contribution in [0.1, 0.15) is 47.8 Å². The van der Waals surface area contributed by atoms with Crippen LogP contribution in [0.2, 0.25) is 10.0 Å². The van der Waals surface area contributed by atoms with E-state index in [0.29, 0.717) is 33.8 Å². The van der Waals surface area contributed by atoms with Crippen LogP contribution in [0.15, 0.2) is 48.7 Å². The molecule has 8 heteroatoms. The van der Waals surface area contributed by atoms with E-state index in [-0.39, 0.29) is 10.9 Å². The molecule has 0 spiro atoms. The van der Waals surface area contributed by atoms with Gasteiger partial charge in [-0.3, -0.25) is 4.79 Å². The van der Waals surface area contributed by atoms with Crippen molar-refractivity contribution < 1.29 is 13.9 Å². The van der Waals surface area contributed by atoms with Crippen molar-refractivity contribution in [1.29, 1.82) is 0 Å². The highest BCUT2D eigenvalue weighted by atomic mass is 35.5. The number of amides is 1. The highest BCUT2D eigenvalue weighted by molar-refractivity contribution is 6.36. The number of hydrogen-bond donors (Lipinski definition) is 1. The van der Waals surface area contributed by atoms with Crippen molar-refractivity contribution in [1.82, 2.24) is 9.88 Å². The first-order valence-electron chi connectivity index (χ1n) is 10.9. The number of anilines is 1. The number of pyridine rings is 1.